The van der Waals surface area contributed by atoms with Gasteiger partial charge in [-0.3, -0.25) is 0 Å². The van der Waals surface area contributed by atoms with E-state index < -0.39 is 0 Å². The number of nitrogens with zero attached hydrogens (tertiary/aromatic N) is 2. The second-order valence-corrected chi connectivity index (χ2v) is 5.32. The molecule has 0 saturated carbocycles. The van der Waals surface area contributed by atoms with Crippen molar-refractivity contribution >= 4 is 28.5 Å². The van der Waals surface area contributed by atoms with E-state index in [1.165, 1.54) is 6.42 Å². The van der Waals surface area contributed by atoms with Gasteiger partial charge in [0, 0.05) is 11.9 Å². The van der Waals surface area contributed by atoms with Crippen molar-refractivity contribution in [3.05, 3.63) is 24.3 Å². The number of unbranched alkanes of at least 4 members (excludes halogenated alkanes) is 1. The van der Waals surface area contributed by atoms with Gasteiger partial charge in [-0.2, -0.15) is 0 Å². The highest BCUT2D eigenvalue weighted by molar-refractivity contribution is 7.99. The minimum absolute atomic E-state index is 0.857. The van der Waals surface area contributed by atoms with Gasteiger partial charge in [0.05, 0.1) is 5.52 Å². The minimum Gasteiger partial charge on any atom is -0.369 e. The van der Waals surface area contributed by atoms with Crippen LogP contribution in [0.4, 0.5) is 5.82 Å². The number of hydrogen-bond donors (Lipinski definition) is 1. The highest BCUT2D eigenvalue weighted by Gasteiger charge is 2.06. The highest BCUT2D eigenvalue weighted by Crippen LogP contribution is 2.24. The topological polar surface area (TPSA) is 37.8 Å². The molecular weight excluding hydrogens is 242 g/mol. The molecule has 3 nitrogen and oxygen atoms in total. The maximum absolute atomic E-state index is 4.60. The normalized spacial score (nSPS) is 10.8. The Hall–Kier alpha value is -1.29. The van der Waals surface area contributed by atoms with Gasteiger partial charge in [0.2, 0.25) is 0 Å². The molecule has 18 heavy (non-hydrogen) atoms. The summed E-state index contributed by atoms with van der Waals surface area (Å²) in [6, 6.07) is 8.17. The Labute approximate surface area is 112 Å². The van der Waals surface area contributed by atoms with Crippen LogP contribution in [0.1, 0.15) is 26.7 Å². The molecule has 96 valence electrons. The lowest BCUT2D eigenvalue weighted by molar-refractivity contribution is 0.828. The summed E-state index contributed by atoms with van der Waals surface area (Å²) in [5.74, 6) is 1.96. The summed E-state index contributed by atoms with van der Waals surface area (Å²) in [5, 5.41) is 5.39. The molecule has 1 aromatic carbocycles. The van der Waals surface area contributed by atoms with Gasteiger partial charge < -0.3 is 5.32 Å². The molecule has 0 aliphatic carbocycles. The van der Waals surface area contributed by atoms with Crippen molar-refractivity contribution < 1.29 is 0 Å². The van der Waals surface area contributed by atoms with Crippen LogP contribution < -0.4 is 5.32 Å². The molecule has 1 heterocycles. The Bertz CT molecular complexity index is 513. The zero-order valence-corrected chi connectivity index (χ0v) is 11.8. The third-order valence-electron chi connectivity index (χ3n) is 2.68. The number of fused-ring (bicyclic) bond motifs is 1. The number of benzene rings is 1. The maximum Gasteiger partial charge on any atom is 0.190 e. The van der Waals surface area contributed by atoms with Crippen molar-refractivity contribution in [2.45, 2.75) is 31.8 Å². The lowest BCUT2D eigenvalue weighted by Gasteiger charge is -2.09. The Morgan fingerprint density at radius 1 is 1.17 bits per heavy atom. The number of nitrogens with one attached hydrogen (secondary N) is 1. The number of aromatic nitrogens is 2. The van der Waals surface area contributed by atoms with Gasteiger partial charge in [0.15, 0.2) is 5.16 Å². The van der Waals surface area contributed by atoms with Crippen LogP contribution in [-0.2, 0) is 0 Å². The standard InChI is InChI=1S/C14H19N3S/c1-3-5-10-15-13-11-8-6-7-9-12(11)16-14(17-13)18-4-2/h6-9H,3-5,10H2,1-2H3,(H,15,16,17). The van der Waals surface area contributed by atoms with Crippen LogP contribution in [0.5, 0.6) is 0 Å². The average molecular weight is 261 g/mol. The Balaban J connectivity index is 2.34. The van der Waals surface area contributed by atoms with Crippen LogP contribution >= 0.6 is 11.8 Å². The van der Waals surface area contributed by atoms with Crippen molar-refractivity contribution in [1.82, 2.24) is 9.97 Å². The van der Waals surface area contributed by atoms with Crippen molar-refractivity contribution in [2.75, 3.05) is 17.6 Å². The zero-order valence-electron chi connectivity index (χ0n) is 10.9. The molecule has 2 rings (SSSR count). The predicted octanol–water partition coefficient (Wildman–Crippen LogP) is 3.95. The van der Waals surface area contributed by atoms with E-state index in [0.29, 0.717) is 0 Å². The van der Waals surface area contributed by atoms with Gasteiger partial charge in [-0.05, 0) is 24.3 Å². The van der Waals surface area contributed by atoms with Gasteiger partial charge in [-0.25, -0.2) is 9.97 Å². The maximum atomic E-state index is 4.60. The summed E-state index contributed by atoms with van der Waals surface area (Å²) in [4.78, 5) is 9.17. The lowest BCUT2D eigenvalue weighted by Crippen LogP contribution is -2.05. The van der Waals surface area contributed by atoms with E-state index in [4.69, 9.17) is 0 Å². The molecule has 0 aliphatic heterocycles. The fourth-order valence-corrected chi connectivity index (χ4v) is 2.34. The fraction of sp³-hybridized carbons (Fsp3) is 0.429. The number of para-hydroxylation sites is 1. The predicted molar refractivity (Wildman–Crippen MR) is 79.3 cm³/mol. The summed E-state index contributed by atoms with van der Waals surface area (Å²) in [6.45, 7) is 5.28. The number of thioether (sulfide) groups is 1. The molecule has 0 saturated heterocycles. The molecule has 0 bridgehead atoms. The van der Waals surface area contributed by atoms with Crippen LogP contribution in [0.2, 0.25) is 0 Å². The monoisotopic (exact) mass is 261 g/mol. The van der Waals surface area contributed by atoms with Gasteiger partial charge in [0.25, 0.3) is 0 Å². The smallest absolute Gasteiger partial charge is 0.190 e. The van der Waals surface area contributed by atoms with Gasteiger partial charge in [-0.1, -0.05) is 44.2 Å². The zero-order chi connectivity index (χ0) is 12.8. The second kappa shape index (κ2) is 6.59. The summed E-state index contributed by atoms with van der Waals surface area (Å²) in [7, 11) is 0. The highest BCUT2D eigenvalue weighted by atomic mass is 32.2. The molecular formula is C14H19N3S. The van der Waals surface area contributed by atoms with Crippen molar-refractivity contribution in [3.8, 4) is 0 Å². The third kappa shape index (κ3) is 3.13. The van der Waals surface area contributed by atoms with Crippen molar-refractivity contribution in [3.63, 3.8) is 0 Å². The molecule has 1 aromatic heterocycles. The van der Waals surface area contributed by atoms with E-state index in [2.05, 4.69) is 35.2 Å². The SMILES string of the molecule is CCCCNc1nc(SCC)nc2ccccc12. The van der Waals surface area contributed by atoms with Gasteiger partial charge >= 0.3 is 0 Å². The quantitative estimate of drug-likeness (QED) is 0.485. The van der Waals surface area contributed by atoms with E-state index in [1.807, 2.05) is 18.2 Å². The molecule has 0 unspecified atom stereocenters. The van der Waals surface area contributed by atoms with Crippen LogP contribution in [-0.4, -0.2) is 22.3 Å². The second-order valence-electron chi connectivity index (χ2n) is 4.09. The number of rotatable bonds is 6. The van der Waals surface area contributed by atoms with Gasteiger partial charge in [0.1, 0.15) is 5.82 Å². The van der Waals surface area contributed by atoms with Crippen molar-refractivity contribution in [1.29, 1.82) is 0 Å². The first-order chi connectivity index (χ1) is 8.85. The molecule has 0 aliphatic rings. The number of hydrogen-bond acceptors (Lipinski definition) is 4. The van der Waals surface area contributed by atoms with Gasteiger partial charge in [-0.15, -0.1) is 0 Å². The molecule has 0 fully saturated rings. The first-order valence-electron chi connectivity index (χ1n) is 6.48. The molecule has 1 N–H and O–H groups in total. The first kappa shape index (κ1) is 13.1. The summed E-state index contributed by atoms with van der Waals surface area (Å²) < 4.78 is 0. The lowest BCUT2D eigenvalue weighted by atomic mass is 10.2. The molecule has 2 aromatic rings. The molecule has 0 spiro atoms. The van der Waals surface area contributed by atoms with Crippen LogP contribution in [0.15, 0.2) is 29.4 Å². The van der Waals surface area contributed by atoms with E-state index in [-0.39, 0.29) is 0 Å². The minimum atomic E-state index is 0.857. The molecule has 0 amide bonds. The van der Waals surface area contributed by atoms with Crippen LogP contribution in [0.3, 0.4) is 0 Å². The van der Waals surface area contributed by atoms with Crippen LogP contribution in [0, 0.1) is 0 Å². The van der Waals surface area contributed by atoms with E-state index >= 15 is 0 Å². The van der Waals surface area contributed by atoms with Crippen molar-refractivity contribution in [2.24, 2.45) is 0 Å². The molecule has 4 heteroatoms. The Kier molecular flexibility index (Phi) is 4.81. The summed E-state index contributed by atoms with van der Waals surface area (Å²) in [6.07, 6.45) is 2.35. The third-order valence-corrected chi connectivity index (χ3v) is 3.41. The van der Waals surface area contributed by atoms with E-state index in [1.54, 1.807) is 11.8 Å². The largest absolute Gasteiger partial charge is 0.369 e. The fourth-order valence-electron chi connectivity index (χ4n) is 1.77. The Morgan fingerprint density at radius 2 is 2.00 bits per heavy atom. The number of anilines is 1. The average Bonchev–Trinajstić information content (AvgIpc) is 2.39. The summed E-state index contributed by atoms with van der Waals surface area (Å²) >= 11 is 1.68. The molecule has 0 atom stereocenters. The summed E-state index contributed by atoms with van der Waals surface area (Å²) in [5.41, 5.74) is 1.02. The Morgan fingerprint density at radius 3 is 2.78 bits per heavy atom. The van der Waals surface area contributed by atoms with E-state index in [9.17, 15) is 0 Å². The molecule has 0 radical (unpaired) electrons. The van der Waals surface area contributed by atoms with E-state index in [0.717, 1.165) is 40.6 Å². The first-order valence-corrected chi connectivity index (χ1v) is 7.47. The van der Waals surface area contributed by atoms with Crippen LogP contribution in [0.25, 0.3) is 10.9 Å².